The Morgan fingerprint density at radius 2 is 1.83 bits per heavy atom. The van der Waals surface area contributed by atoms with Crippen LogP contribution < -0.4 is 11.0 Å². The third kappa shape index (κ3) is 4.37. The van der Waals surface area contributed by atoms with Gasteiger partial charge in [-0.05, 0) is 49.9 Å². The minimum Gasteiger partial charge on any atom is -0.324 e. The number of hydrogen-bond acceptors (Lipinski definition) is 5. The molecule has 0 atom stereocenters. The third-order valence-electron chi connectivity index (χ3n) is 5.29. The SMILES string of the molecule is Cc1cccc(C)c1NC(=O)Cn1nc2ccc(SC3CCCCC3)nn2c1=O. The van der Waals surface area contributed by atoms with Gasteiger partial charge in [-0.1, -0.05) is 37.5 Å². The first-order chi connectivity index (χ1) is 14.0. The number of nitrogens with zero attached hydrogens (tertiary/aromatic N) is 4. The lowest BCUT2D eigenvalue weighted by atomic mass is 10.0. The van der Waals surface area contributed by atoms with Crippen molar-refractivity contribution in [3.05, 3.63) is 51.9 Å². The second-order valence-corrected chi connectivity index (χ2v) is 8.90. The van der Waals surface area contributed by atoms with E-state index in [1.54, 1.807) is 17.8 Å². The van der Waals surface area contributed by atoms with E-state index in [2.05, 4.69) is 15.5 Å². The number of anilines is 1. The highest BCUT2D eigenvalue weighted by Crippen LogP contribution is 2.32. The van der Waals surface area contributed by atoms with Gasteiger partial charge in [-0.15, -0.1) is 16.9 Å². The molecule has 1 N–H and O–H groups in total. The molecule has 1 aliphatic carbocycles. The van der Waals surface area contributed by atoms with Crippen molar-refractivity contribution in [1.82, 2.24) is 19.4 Å². The van der Waals surface area contributed by atoms with E-state index < -0.39 is 5.69 Å². The molecule has 29 heavy (non-hydrogen) atoms. The fourth-order valence-electron chi connectivity index (χ4n) is 3.74. The lowest BCUT2D eigenvalue weighted by molar-refractivity contribution is -0.117. The Bertz CT molecular complexity index is 1080. The van der Waals surface area contributed by atoms with Crippen LogP contribution in [0.4, 0.5) is 5.69 Å². The summed E-state index contributed by atoms with van der Waals surface area (Å²) in [6.45, 7) is 3.73. The molecular formula is C21H25N5O2S. The predicted molar refractivity (Wildman–Crippen MR) is 115 cm³/mol. The molecule has 0 unspecified atom stereocenters. The number of aryl methyl sites for hydroxylation is 2. The van der Waals surface area contributed by atoms with Gasteiger partial charge in [0, 0.05) is 10.9 Å². The maximum absolute atomic E-state index is 12.7. The van der Waals surface area contributed by atoms with Crippen molar-refractivity contribution in [2.45, 2.75) is 62.8 Å². The van der Waals surface area contributed by atoms with Crippen LogP contribution in [0.2, 0.25) is 0 Å². The monoisotopic (exact) mass is 411 g/mol. The fourth-order valence-corrected chi connectivity index (χ4v) is 4.92. The quantitative estimate of drug-likeness (QED) is 0.694. The molecule has 1 aromatic carbocycles. The van der Waals surface area contributed by atoms with Crippen molar-refractivity contribution in [2.24, 2.45) is 0 Å². The van der Waals surface area contributed by atoms with Gasteiger partial charge < -0.3 is 5.32 Å². The molecular weight excluding hydrogens is 386 g/mol. The Hall–Kier alpha value is -2.61. The number of rotatable bonds is 5. The van der Waals surface area contributed by atoms with Gasteiger partial charge in [0.25, 0.3) is 0 Å². The number of thioether (sulfide) groups is 1. The summed E-state index contributed by atoms with van der Waals surface area (Å²) in [5.74, 6) is -0.287. The predicted octanol–water partition coefficient (Wildman–Crippen LogP) is 3.57. The van der Waals surface area contributed by atoms with Crippen molar-refractivity contribution in [3.8, 4) is 0 Å². The Morgan fingerprint density at radius 1 is 1.10 bits per heavy atom. The normalized spacial score (nSPS) is 15.0. The first kappa shape index (κ1) is 19.7. The molecule has 0 spiro atoms. The molecule has 3 aromatic rings. The van der Waals surface area contributed by atoms with Crippen molar-refractivity contribution in [3.63, 3.8) is 0 Å². The fraction of sp³-hybridized carbons (Fsp3) is 0.429. The molecule has 152 valence electrons. The molecule has 0 aliphatic heterocycles. The summed E-state index contributed by atoms with van der Waals surface area (Å²) in [5.41, 5.74) is 2.78. The van der Waals surface area contributed by atoms with Crippen molar-refractivity contribution >= 4 is 29.0 Å². The van der Waals surface area contributed by atoms with Crippen molar-refractivity contribution < 1.29 is 4.79 Å². The number of benzene rings is 1. The van der Waals surface area contributed by atoms with Crippen LogP contribution in [-0.2, 0) is 11.3 Å². The highest BCUT2D eigenvalue weighted by atomic mass is 32.2. The van der Waals surface area contributed by atoms with Gasteiger partial charge >= 0.3 is 5.69 Å². The molecule has 1 fully saturated rings. The zero-order chi connectivity index (χ0) is 20.4. The van der Waals surface area contributed by atoms with Gasteiger partial charge in [-0.25, -0.2) is 9.48 Å². The summed E-state index contributed by atoms with van der Waals surface area (Å²) >= 11 is 1.73. The summed E-state index contributed by atoms with van der Waals surface area (Å²) < 4.78 is 2.46. The molecule has 7 nitrogen and oxygen atoms in total. The second-order valence-electron chi connectivity index (χ2n) is 7.57. The van der Waals surface area contributed by atoms with E-state index >= 15 is 0 Å². The number of amides is 1. The molecule has 1 aliphatic rings. The van der Waals surface area contributed by atoms with Gasteiger partial charge in [0.1, 0.15) is 11.6 Å². The van der Waals surface area contributed by atoms with Crippen LogP contribution in [0.15, 0.2) is 40.2 Å². The van der Waals surface area contributed by atoms with E-state index in [9.17, 15) is 9.59 Å². The number of nitrogens with one attached hydrogen (secondary N) is 1. The zero-order valence-electron chi connectivity index (χ0n) is 16.7. The third-order valence-corrected chi connectivity index (χ3v) is 6.56. The standard InChI is InChI=1S/C21H25N5O2S/c1-14-7-6-8-15(2)20(14)22-18(27)13-25-21(28)26-17(23-25)11-12-19(24-26)29-16-9-4-3-5-10-16/h6-8,11-12,16H,3-5,9-10,13H2,1-2H3,(H,22,27). The van der Waals surface area contributed by atoms with Crippen LogP contribution in [0, 0.1) is 13.8 Å². The highest BCUT2D eigenvalue weighted by molar-refractivity contribution is 7.99. The molecule has 0 radical (unpaired) electrons. The summed E-state index contributed by atoms with van der Waals surface area (Å²) in [6, 6.07) is 9.52. The van der Waals surface area contributed by atoms with Gasteiger partial charge in [-0.2, -0.15) is 9.61 Å². The van der Waals surface area contributed by atoms with Gasteiger partial charge in [0.2, 0.25) is 5.91 Å². The van der Waals surface area contributed by atoms with Crippen LogP contribution in [0.3, 0.4) is 0 Å². The summed E-state index contributed by atoms with van der Waals surface area (Å²) in [6.07, 6.45) is 6.20. The lowest BCUT2D eigenvalue weighted by Gasteiger charge is -2.20. The van der Waals surface area contributed by atoms with E-state index in [-0.39, 0.29) is 12.5 Å². The van der Waals surface area contributed by atoms with Crippen LogP contribution in [0.1, 0.15) is 43.2 Å². The van der Waals surface area contributed by atoms with E-state index in [0.29, 0.717) is 10.9 Å². The van der Waals surface area contributed by atoms with Crippen LogP contribution in [0.5, 0.6) is 0 Å². The van der Waals surface area contributed by atoms with Crippen LogP contribution in [-0.4, -0.2) is 30.6 Å². The first-order valence-corrected chi connectivity index (χ1v) is 10.9. The summed E-state index contributed by atoms with van der Waals surface area (Å²) in [5, 5.41) is 13.0. The maximum atomic E-state index is 12.7. The average molecular weight is 412 g/mol. The van der Waals surface area contributed by atoms with E-state index in [4.69, 9.17) is 0 Å². The number of carbonyl (C=O) groups is 1. The Kier molecular flexibility index (Phi) is 5.71. The van der Waals surface area contributed by atoms with Gasteiger partial charge in [0.15, 0.2) is 5.65 Å². The van der Waals surface area contributed by atoms with Crippen molar-refractivity contribution in [2.75, 3.05) is 5.32 Å². The number of carbonyl (C=O) groups excluding carboxylic acids is 1. The largest absolute Gasteiger partial charge is 0.367 e. The molecule has 1 amide bonds. The second kappa shape index (κ2) is 8.41. The number of fused-ring (bicyclic) bond motifs is 1. The molecule has 2 heterocycles. The minimum absolute atomic E-state index is 0.152. The zero-order valence-corrected chi connectivity index (χ0v) is 17.5. The molecule has 2 aromatic heterocycles. The average Bonchev–Trinajstić information content (AvgIpc) is 3.01. The summed E-state index contributed by atoms with van der Waals surface area (Å²) in [7, 11) is 0. The lowest BCUT2D eigenvalue weighted by Crippen LogP contribution is -2.29. The molecule has 1 saturated carbocycles. The van der Waals surface area contributed by atoms with Crippen molar-refractivity contribution in [1.29, 1.82) is 0 Å². The molecule has 0 saturated heterocycles. The Labute approximate surface area is 173 Å². The number of aromatic nitrogens is 4. The number of hydrogen-bond donors (Lipinski definition) is 1. The van der Waals surface area contributed by atoms with Crippen LogP contribution in [0.25, 0.3) is 5.65 Å². The topological polar surface area (TPSA) is 81.3 Å². The van der Waals surface area contributed by atoms with Crippen LogP contribution >= 0.6 is 11.8 Å². The first-order valence-electron chi connectivity index (χ1n) is 10.0. The number of para-hydroxylation sites is 1. The van der Waals surface area contributed by atoms with E-state index in [1.165, 1.54) is 41.3 Å². The molecule has 0 bridgehead atoms. The highest BCUT2D eigenvalue weighted by Gasteiger charge is 2.17. The van der Waals surface area contributed by atoms with E-state index in [1.807, 2.05) is 38.1 Å². The van der Waals surface area contributed by atoms with Gasteiger partial charge in [-0.3, -0.25) is 4.79 Å². The minimum atomic E-state index is -0.400. The van der Waals surface area contributed by atoms with E-state index in [0.717, 1.165) is 21.8 Å². The Balaban J connectivity index is 1.51. The molecule has 4 rings (SSSR count). The van der Waals surface area contributed by atoms with Gasteiger partial charge in [0.05, 0.1) is 0 Å². The molecule has 8 heteroatoms. The Morgan fingerprint density at radius 3 is 2.55 bits per heavy atom. The summed E-state index contributed by atoms with van der Waals surface area (Å²) in [4.78, 5) is 25.2. The smallest absolute Gasteiger partial charge is 0.324 e. The maximum Gasteiger partial charge on any atom is 0.367 e.